The maximum absolute atomic E-state index is 12.4. The fourth-order valence-electron chi connectivity index (χ4n) is 2.62. The molecule has 1 aliphatic carbocycles. The standard InChI is InChI=1S/C14H20ClNO2S/c1-12-6-5-7-13(10-12)19(17,18)16-14(11-15)8-3-2-4-9-14/h5-7,10,16H,2-4,8-9,11H2,1H3. The number of aryl methyl sites for hydroxylation is 1. The molecule has 106 valence electrons. The summed E-state index contributed by atoms with van der Waals surface area (Å²) in [6.45, 7) is 1.89. The summed E-state index contributed by atoms with van der Waals surface area (Å²) in [7, 11) is -3.49. The fourth-order valence-corrected chi connectivity index (χ4v) is 4.59. The number of benzene rings is 1. The zero-order valence-electron chi connectivity index (χ0n) is 11.2. The van der Waals surface area contributed by atoms with Crippen LogP contribution in [0.25, 0.3) is 0 Å². The van der Waals surface area contributed by atoms with Gasteiger partial charge in [0.1, 0.15) is 0 Å². The van der Waals surface area contributed by atoms with Crippen LogP contribution in [0.1, 0.15) is 37.7 Å². The van der Waals surface area contributed by atoms with Gasteiger partial charge in [-0.2, -0.15) is 0 Å². The minimum Gasteiger partial charge on any atom is -0.207 e. The number of hydrogen-bond donors (Lipinski definition) is 1. The molecule has 1 aromatic carbocycles. The van der Waals surface area contributed by atoms with Gasteiger partial charge >= 0.3 is 0 Å². The van der Waals surface area contributed by atoms with Crippen LogP contribution in [0.2, 0.25) is 0 Å². The van der Waals surface area contributed by atoms with Crippen LogP contribution >= 0.6 is 11.6 Å². The van der Waals surface area contributed by atoms with E-state index < -0.39 is 15.6 Å². The van der Waals surface area contributed by atoms with Crippen LogP contribution < -0.4 is 4.72 Å². The summed E-state index contributed by atoms with van der Waals surface area (Å²) in [6.07, 6.45) is 4.86. The molecule has 0 bridgehead atoms. The molecule has 1 saturated carbocycles. The largest absolute Gasteiger partial charge is 0.241 e. The van der Waals surface area contributed by atoms with E-state index in [4.69, 9.17) is 11.6 Å². The molecule has 0 unspecified atom stereocenters. The highest BCUT2D eigenvalue weighted by molar-refractivity contribution is 7.89. The Morgan fingerprint density at radius 2 is 1.95 bits per heavy atom. The molecule has 0 saturated heterocycles. The Bertz CT molecular complexity index is 536. The lowest BCUT2D eigenvalue weighted by atomic mass is 9.84. The molecule has 2 rings (SSSR count). The SMILES string of the molecule is Cc1cccc(S(=O)(=O)NC2(CCl)CCCCC2)c1. The number of alkyl halides is 1. The van der Waals surface area contributed by atoms with E-state index in [-0.39, 0.29) is 0 Å². The summed E-state index contributed by atoms with van der Waals surface area (Å²) < 4.78 is 27.7. The van der Waals surface area contributed by atoms with Crippen molar-refractivity contribution in [2.45, 2.75) is 49.5 Å². The van der Waals surface area contributed by atoms with E-state index in [9.17, 15) is 8.42 Å². The monoisotopic (exact) mass is 301 g/mol. The Hall–Kier alpha value is -0.580. The molecule has 0 atom stereocenters. The Kier molecular flexibility index (Phi) is 4.54. The van der Waals surface area contributed by atoms with Gasteiger partial charge < -0.3 is 0 Å². The lowest BCUT2D eigenvalue weighted by Gasteiger charge is -2.36. The summed E-state index contributed by atoms with van der Waals surface area (Å²) in [5.41, 5.74) is 0.467. The highest BCUT2D eigenvalue weighted by atomic mass is 35.5. The molecule has 3 nitrogen and oxygen atoms in total. The number of halogens is 1. The predicted octanol–water partition coefficient (Wildman–Crippen LogP) is 3.22. The number of nitrogens with one attached hydrogen (secondary N) is 1. The second-order valence-electron chi connectivity index (χ2n) is 5.40. The van der Waals surface area contributed by atoms with Crippen molar-refractivity contribution in [3.05, 3.63) is 29.8 Å². The van der Waals surface area contributed by atoms with Crippen molar-refractivity contribution < 1.29 is 8.42 Å². The van der Waals surface area contributed by atoms with Gasteiger partial charge in [-0.05, 0) is 37.5 Å². The van der Waals surface area contributed by atoms with Gasteiger partial charge in [-0.25, -0.2) is 13.1 Å². The number of sulfonamides is 1. The van der Waals surface area contributed by atoms with Crippen LogP contribution in [-0.4, -0.2) is 19.8 Å². The molecule has 19 heavy (non-hydrogen) atoms. The van der Waals surface area contributed by atoms with Gasteiger partial charge in [0.05, 0.1) is 4.90 Å². The molecule has 5 heteroatoms. The average Bonchev–Trinajstić information content (AvgIpc) is 2.39. The van der Waals surface area contributed by atoms with Gasteiger partial charge in [-0.3, -0.25) is 0 Å². The highest BCUT2D eigenvalue weighted by Gasteiger charge is 2.35. The molecule has 1 fully saturated rings. The zero-order valence-corrected chi connectivity index (χ0v) is 12.7. The average molecular weight is 302 g/mol. The first-order chi connectivity index (χ1) is 8.97. The third kappa shape index (κ3) is 3.50. The lowest BCUT2D eigenvalue weighted by molar-refractivity contribution is 0.298. The minimum atomic E-state index is -3.49. The Morgan fingerprint density at radius 3 is 2.53 bits per heavy atom. The summed E-state index contributed by atoms with van der Waals surface area (Å²) in [5, 5.41) is 0. The van der Waals surface area contributed by atoms with E-state index in [1.807, 2.05) is 13.0 Å². The second kappa shape index (κ2) is 5.81. The topological polar surface area (TPSA) is 46.2 Å². The molecule has 0 aromatic heterocycles. The third-order valence-electron chi connectivity index (χ3n) is 3.72. The second-order valence-corrected chi connectivity index (χ2v) is 7.35. The Balaban J connectivity index is 2.25. The number of rotatable bonds is 4. The van der Waals surface area contributed by atoms with Gasteiger partial charge in [-0.15, -0.1) is 11.6 Å². The van der Waals surface area contributed by atoms with Gasteiger partial charge in [0.15, 0.2) is 0 Å². The first-order valence-electron chi connectivity index (χ1n) is 6.64. The first-order valence-corrected chi connectivity index (χ1v) is 8.66. The van der Waals surface area contributed by atoms with Crippen molar-refractivity contribution in [1.29, 1.82) is 0 Å². The molecule has 1 aromatic rings. The normalized spacial score (nSPS) is 19.3. The summed E-state index contributed by atoms with van der Waals surface area (Å²) in [4.78, 5) is 0.322. The quantitative estimate of drug-likeness (QED) is 0.868. The van der Waals surface area contributed by atoms with E-state index in [1.165, 1.54) is 0 Å². The van der Waals surface area contributed by atoms with E-state index in [0.717, 1.165) is 37.7 Å². The van der Waals surface area contributed by atoms with Crippen molar-refractivity contribution in [2.24, 2.45) is 0 Å². The minimum absolute atomic E-state index is 0.322. The Morgan fingerprint density at radius 1 is 1.26 bits per heavy atom. The van der Waals surface area contributed by atoms with E-state index >= 15 is 0 Å². The maximum Gasteiger partial charge on any atom is 0.241 e. The first kappa shape index (κ1) is 14.8. The third-order valence-corrected chi connectivity index (χ3v) is 5.81. The van der Waals surface area contributed by atoms with Crippen LogP contribution in [0.15, 0.2) is 29.2 Å². The maximum atomic E-state index is 12.4. The van der Waals surface area contributed by atoms with Crippen molar-refractivity contribution in [2.75, 3.05) is 5.88 Å². The molecule has 0 radical (unpaired) electrons. The number of hydrogen-bond acceptors (Lipinski definition) is 2. The van der Waals surface area contributed by atoms with E-state index in [0.29, 0.717) is 10.8 Å². The highest BCUT2D eigenvalue weighted by Crippen LogP contribution is 2.31. The van der Waals surface area contributed by atoms with Crippen LogP contribution in [0.3, 0.4) is 0 Å². The molecular formula is C14H20ClNO2S. The van der Waals surface area contributed by atoms with Gasteiger partial charge in [0.25, 0.3) is 0 Å². The smallest absolute Gasteiger partial charge is 0.207 e. The summed E-state index contributed by atoms with van der Waals surface area (Å²) in [5.74, 6) is 0.331. The van der Waals surface area contributed by atoms with Crippen molar-refractivity contribution in [3.8, 4) is 0 Å². The van der Waals surface area contributed by atoms with Crippen LogP contribution in [0, 0.1) is 6.92 Å². The molecule has 0 amide bonds. The molecular weight excluding hydrogens is 282 g/mol. The Labute approximate surface area is 120 Å². The molecule has 0 heterocycles. The van der Waals surface area contributed by atoms with Gasteiger partial charge in [0.2, 0.25) is 10.0 Å². The van der Waals surface area contributed by atoms with Crippen molar-refractivity contribution in [1.82, 2.24) is 4.72 Å². The van der Waals surface area contributed by atoms with Gasteiger partial charge in [-0.1, -0.05) is 31.4 Å². The zero-order chi connectivity index (χ0) is 13.9. The summed E-state index contributed by atoms with van der Waals surface area (Å²) >= 11 is 6.03. The van der Waals surface area contributed by atoms with Crippen LogP contribution in [0.5, 0.6) is 0 Å². The van der Waals surface area contributed by atoms with E-state index in [1.54, 1.807) is 18.2 Å². The van der Waals surface area contributed by atoms with E-state index in [2.05, 4.69) is 4.72 Å². The molecule has 1 aliphatic rings. The fraction of sp³-hybridized carbons (Fsp3) is 0.571. The molecule has 1 N–H and O–H groups in total. The van der Waals surface area contributed by atoms with Crippen LogP contribution in [0.4, 0.5) is 0 Å². The molecule has 0 aliphatic heterocycles. The molecule has 0 spiro atoms. The predicted molar refractivity (Wildman–Crippen MR) is 78.0 cm³/mol. The van der Waals surface area contributed by atoms with Crippen molar-refractivity contribution >= 4 is 21.6 Å². The van der Waals surface area contributed by atoms with Gasteiger partial charge in [0, 0.05) is 11.4 Å². The van der Waals surface area contributed by atoms with Crippen LogP contribution in [-0.2, 0) is 10.0 Å². The lowest BCUT2D eigenvalue weighted by Crippen LogP contribution is -2.51. The summed E-state index contributed by atoms with van der Waals surface area (Å²) in [6, 6.07) is 6.96. The van der Waals surface area contributed by atoms with Crippen molar-refractivity contribution in [3.63, 3.8) is 0 Å².